The lowest BCUT2D eigenvalue weighted by Gasteiger charge is -2.19. The summed E-state index contributed by atoms with van der Waals surface area (Å²) in [6.45, 7) is 4.89. The molecule has 27 heavy (non-hydrogen) atoms. The first-order valence-corrected chi connectivity index (χ1v) is 9.83. The number of rotatable bonds is 7. The highest BCUT2D eigenvalue weighted by Crippen LogP contribution is 2.22. The predicted octanol–water partition coefficient (Wildman–Crippen LogP) is 2.65. The molecule has 0 aromatic heterocycles. The minimum atomic E-state index is -3.91. The molecule has 144 valence electrons. The summed E-state index contributed by atoms with van der Waals surface area (Å²) in [5, 5.41) is 8.93. The number of likely N-dealkylation sites (N-methyl/N-ethyl adjacent to an activating group) is 1. The van der Waals surface area contributed by atoms with Crippen LogP contribution < -0.4 is 4.72 Å². The van der Waals surface area contributed by atoms with Gasteiger partial charge in [-0.05, 0) is 56.2 Å². The molecule has 8 heteroatoms. The molecule has 0 atom stereocenters. The van der Waals surface area contributed by atoms with Crippen molar-refractivity contribution in [3.63, 3.8) is 0 Å². The highest BCUT2D eigenvalue weighted by molar-refractivity contribution is 7.92. The number of carboxylic acids is 1. The van der Waals surface area contributed by atoms with Crippen LogP contribution in [-0.2, 0) is 14.8 Å². The normalized spacial score (nSPS) is 11.1. The van der Waals surface area contributed by atoms with E-state index in [-0.39, 0.29) is 17.0 Å². The van der Waals surface area contributed by atoms with E-state index in [9.17, 15) is 18.0 Å². The molecular formula is C19H22N2O5S. The summed E-state index contributed by atoms with van der Waals surface area (Å²) < 4.78 is 28.1. The summed E-state index contributed by atoms with van der Waals surface area (Å²) in [4.78, 5) is 24.6. The van der Waals surface area contributed by atoms with E-state index >= 15 is 0 Å². The first-order valence-electron chi connectivity index (χ1n) is 8.35. The van der Waals surface area contributed by atoms with Gasteiger partial charge in [-0.3, -0.25) is 14.3 Å². The van der Waals surface area contributed by atoms with Crippen LogP contribution in [0, 0.1) is 13.8 Å². The van der Waals surface area contributed by atoms with Crippen LogP contribution in [0.3, 0.4) is 0 Å². The lowest BCUT2D eigenvalue weighted by Crippen LogP contribution is -2.35. The summed E-state index contributed by atoms with van der Waals surface area (Å²) in [6.07, 6.45) is 0. The molecule has 2 aromatic carbocycles. The summed E-state index contributed by atoms with van der Waals surface area (Å²) in [7, 11) is -3.91. The van der Waals surface area contributed by atoms with Crippen LogP contribution in [0.5, 0.6) is 0 Å². The van der Waals surface area contributed by atoms with Crippen molar-refractivity contribution in [2.45, 2.75) is 25.7 Å². The van der Waals surface area contributed by atoms with Crippen molar-refractivity contribution in [1.82, 2.24) is 4.90 Å². The monoisotopic (exact) mass is 390 g/mol. The third-order valence-corrected chi connectivity index (χ3v) is 5.51. The fourth-order valence-corrected chi connectivity index (χ4v) is 3.94. The van der Waals surface area contributed by atoms with E-state index in [2.05, 4.69) is 4.72 Å². The zero-order valence-electron chi connectivity index (χ0n) is 15.4. The second kappa shape index (κ2) is 8.22. The average Bonchev–Trinajstić information content (AvgIpc) is 2.58. The number of carbonyl (C=O) groups excluding carboxylic acids is 1. The van der Waals surface area contributed by atoms with Gasteiger partial charge in [0, 0.05) is 17.8 Å². The second-order valence-corrected chi connectivity index (χ2v) is 7.82. The molecule has 0 aliphatic heterocycles. The molecule has 2 rings (SSSR count). The zero-order valence-corrected chi connectivity index (χ0v) is 16.2. The van der Waals surface area contributed by atoms with Gasteiger partial charge in [-0.25, -0.2) is 8.42 Å². The molecule has 0 heterocycles. The number of nitrogens with zero attached hydrogens (tertiary/aromatic N) is 1. The minimum Gasteiger partial charge on any atom is -0.480 e. The molecule has 7 nitrogen and oxygen atoms in total. The number of anilines is 1. The molecule has 0 aliphatic carbocycles. The molecular weight excluding hydrogens is 368 g/mol. The predicted molar refractivity (Wildman–Crippen MR) is 102 cm³/mol. The van der Waals surface area contributed by atoms with Gasteiger partial charge in [0.2, 0.25) is 0 Å². The van der Waals surface area contributed by atoms with Crippen molar-refractivity contribution >= 4 is 27.6 Å². The van der Waals surface area contributed by atoms with Gasteiger partial charge < -0.3 is 10.0 Å². The summed E-state index contributed by atoms with van der Waals surface area (Å²) in [5.74, 6) is -1.67. The highest BCUT2D eigenvalue weighted by Gasteiger charge is 2.22. The second-order valence-electron chi connectivity index (χ2n) is 6.17. The quantitative estimate of drug-likeness (QED) is 0.756. The molecule has 0 fully saturated rings. The third-order valence-electron chi connectivity index (χ3n) is 3.99. The average molecular weight is 390 g/mol. The molecule has 1 amide bonds. The fraction of sp³-hybridized carbons (Fsp3) is 0.263. The number of hydrogen-bond donors (Lipinski definition) is 2. The van der Waals surface area contributed by atoms with Crippen molar-refractivity contribution in [3.05, 3.63) is 59.2 Å². The molecule has 0 saturated carbocycles. The van der Waals surface area contributed by atoms with Gasteiger partial charge >= 0.3 is 5.97 Å². The number of aliphatic carboxylic acids is 1. The molecule has 0 saturated heterocycles. The molecule has 0 spiro atoms. The number of aryl methyl sites for hydroxylation is 2. The Morgan fingerprint density at radius 2 is 1.81 bits per heavy atom. The SMILES string of the molecule is CCN(CC(=O)O)C(=O)c1ccc(C)c(S(=O)(=O)Nc2cccc(C)c2)c1. The largest absolute Gasteiger partial charge is 0.480 e. The van der Waals surface area contributed by atoms with E-state index < -0.39 is 28.4 Å². The van der Waals surface area contributed by atoms with Gasteiger partial charge in [-0.15, -0.1) is 0 Å². The van der Waals surface area contributed by atoms with E-state index in [0.717, 1.165) is 10.5 Å². The molecule has 2 N–H and O–H groups in total. The minimum absolute atomic E-state index is 0.0266. The molecule has 0 bridgehead atoms. The Balaban J connectivity index is 2.38. The Morgan fingerprint density at radius 3 is 2.41 bits per heavy atom. The summed E-state index contributed by atoms with van der Waals surface area (Å²) >= 11 is 0. The van der Waals surface area contributed by atoms with E-state index in [1.807, 2.05) is 13.0 Å². The number of hydrogen-bond acceptors (Lipinski definition) is 4. The van der Waals surface area contributed by atoms with E-state index in [0.29, 0.717) is 11.3 Å². The standard InChI is InChI=1S/C19H22N2O5S/c1-4-21(12-18(22)23)19(24)15-9-8-14(3)17(11-15)27(25,26)20-16-7-5-6-13(2)10-16/h5-11,20H,4,12H2,1-3H3,(H,22,23). The van der Waals surface area contributed by atoms with Gasteiger partial charge in [0.25, 0.3) is 15.9 Å². The molecule has 0 radical (unpaired) electrons. The van der Waals surface area contributed by atoms with Gasteiger partial charge in [-0.2, -0.15) is 0 Å². The Hall–Kier alpha value is -2.87. The zero-order chi connectivity index (χ0) is 20.2. The lowest BCUT2D eigenvalue weighted by atomic mass is 10.1. The van der Waals surface area contributed by atoms with Crippen LogP contribution in [0.25, 0.3) is 0 Å². The number of sulfonamides is 1. The van der Waals surface area contributed by atoms with Crippen LogP contribution in [0.2, 0.25) is 0 Å². The van der Waals surface area contributed by atoms with Crippen molar-refractivity contribution in [2.24, 2.45) is 0 Å². The van der Waals surface area contributed by atoms with Crippen molar-refractivity contribution in [2.75, 3.05) is 17.8 Å². The fourth-order valence-electron chi connectivity index (χ4n) is 2.61. The smallest absolute Gasteiger partial charge is 0.323 e. The van der Waals surface area contributed by atoms with Crippen LogP contribution in [0.1, 0.15) is 28.4 Å². The third kappa shape index (κ3) is 5.07. The maximum atomic E-state index is 12.8. The number of nitrogens with one attached hydrogen (secondary N) is 1. The van der Waals surface area contributed by atoms with Crippen molar-refractivity contribution in [3.8, 4) is 0 Å². The van der Waals surface area contributed by atoms with E-state index in [1.165, 1.54) is 18.2 Å². The van der Waals surface area contributed by atoms with Crippen molar-refractivity contribution < 1.29 is 23.1 Å². The first-order chi connectivity index (χ1) is 12.6. The van der Waals surface area contributed by atoms with E-state index in [4.69, 9.17) is 5.11 Å². The van der Waals surface area contributed by atoms with Crippen LogP contribution in [0.15, 0.2) is 47.4 Å². The molecule has 2 aromatic rings. The van der Waals surface area contributed by atoms with Gasteiger partial charge in [-0.1, -0.05) is 18.2 Å². The Labute approximate surface area is 158 Å². The van der Waals surface area contributed by atoms with Crippen molar-refractivity contribution in [1.29, 1.82) is 0 Å². The van der Waals surface area contributed by atoms with E-state index in [1.54, 1.807) is 32.0 Å². The van der Waals surface area contributed by atoms with Crippen LogP contribution in [-0.4, -0.2) is 43.4 Å². The number of carboxylic acid groups (broad SMARTS) is 1. The highest BCUT2D eigenvalue weighted by atomic mass is 32.2. The Morgan fingerprint density at radius 1 is 1.11 bits per heavy atom. The Kier molecular flexibility index (Phi) is 6.22. The molecule has 0 unspecified atom stereocenters. The summed E-state index contributed by atoms with van der Waals surface area (Å²) in [6, 6.07) is 11.2. The maximum absolute atomic E-state index is 12.8. The maximum Gasteiger partial charge on any atom is 0.323 e. The number of benzene rings is 2. The first kappa shape index (κ1) is 20.4. The van der Waals surface area contributed by atoms with Crippen LogP contribution in [0.4, 0.5) is 5.69 Å². The van der Waals surface area contributed by atoms with Gasteiger partial charge in [0.05, 0.1) is 4.90 Å². The number of carbonyl (C=O) groups is 2. The lowest BCUT2D eigenvalue weighted by molar-refractivity contribution is -0.137. The number of amides is 1. The molecule has 0 aliphatic rings. The van der Waals surface area contributed by atoms with Crippen LogP contribution >= 0.6 is 0 Å². The summed E-state index contributed by atoms with van der Waals surface area (Å²) in [5.41, 5.74) is 1.93. The van der Waals surface area contributed by atoms with Gasteiger partial charge in [0.1, 0.15) is 6.54 Å². The Bertz CT molecular complexity index is 970. The topological polar surface area (TPSA) is 104 Å². The van der Waals surface area contributed by atoms with Gasteiger partial charge in [0.15, 0.2) is 0 Å².